The Morgan fingerprint density at radius 1 is 1.25 bits per heavy atom. The maximum Gasteiger partial charge on any atom is 0.330 e. The van der Waals surface area contributed by atoms with Gasteiger partial charge >= 0.3 is 5.97 Å². The lowest BCUT2D eigenvalue weighted by atomic mass is 9.98. The quantitative estimate of drug-likeness (QED) is 0.756. The minimum atomic E-state index is -3.75. The van der Waals surface area contributed by atoms with Crippen molar-refractivity contribution in [2.45, 2.75) is 39.0 Å². The van der Waals surface area contributed by atoms with Gasteiger partial charge in [0.15, 0.2) is 0 Å². The lowest BCUT2D eigenvalue weighted by Crippen LogP contribution is -2.32. The highest BCUT2D eigenvalue weighted by molar-refractivity contribution is 7.86. The van der Waals surface area contributed by atoms with Crippen LogP contribution in [0.1, 0.15) is 32.8 Å². The molecule has 134 valence electrons. The number of benzene rings is 1. The van der Waals surface area contributed by atoms with Crippen LogP contribution in [0.4, 0.5) is 0 Å². The molecule has 1 aromatic rings. The number of hydrogen-bond donors (Lipinski definition) is 0. The van der Waals surface area contributed by atoms with Gasteiger partial charge in [-0.3, -0.25) is 4.18 Å². The van der Waals surface area contributed by atoms with E-state index in [9.17, 15) is 13.2 Å². The zero-order valence-corrected chi connectivity index (χ0v) is 15.4. The number of carbonyl (C=O) groups excluding carboxylic acids is 1. The average molecular weight is 355 g/mol. The Morgan fingerprint density at radius 3 is 2.46 bits per heavy atom. The van der Waals surface area contributed by atoms with Gasteiger partial charge in [0.2, 0.25) is 0 Å². The van der Waals surface area contributed by atoms with E-state index >= 15 is 0 Å². The van der Waals surface area contributed by atoms with E-state index in [0.717, 1.165) is 12.0 Å². The van der Waals surface area contributed by atoms with Gasteiger partial charge < -0.3 is 4.84 Å². The molecule has 1 heterocycles. The summed E-state index contributed by atoms with van der Waals surface area (Å²) in [6.07, 6.45) is 0.723. The molecule has 1 aliphatic heterocycles. The summed E-state index contributed by atoms with van der Waals surface area (Å²) in [5.74, 6) is -0.283. The van der Waals surface area contributed by atoms with Gasteiger partial charge in [-0.1, -0.05) is 17.7 Å². The van der Waals surface area contributed by atoms with Crippen molar-refractivity contribution >= 4 is 16.1 Å². The number of aryl methyl sites for hydroxylation is 1. The molecule has 0 saturated carbocycles. The van der Waals surface area contributed by atoms with E-state index in [4.69, 9.17) is 9.02 Å². The summed E-state index contributed by atoms with van der Waals surface area (Å²) in [4.78, 5) is 17.3. The minimum Gasteiger partial charge on any atom is -0.367 e. The Balaban J connectivity index is 1.85. The number of hydrogen-bond acceptors (Lipinski definition) is 6. The van der Waals surface area contributed by atoms with Crippen LogP contribution >= 0.6 is 0 Å². The Labute approximate surface area is 143 Å². The second-order valence-corrected chi connectivity index (χ2v) is 8.84. The number of rotatable bonds is 5. The van der Waals surface area contributed by atoms with Crippen molar-refractivity contribution < 1.29 is 22.2 Å². The SMILES string of the molecule is Cc1ccc(S(=O)(=O)OC[C@H]2CCN(OC(=O)C(C)(C)C)C2)cc1. The highest BCUT2D eigenvalue weighted by atomic mass is 32.2. The van der Waals surface area contributed by atoms with Gasteiger partial charge in [0.1, 0.15) is 0 Å². The lowest BCUT2D eigenvalue weighted by molar-refractivity contribution is -0.196. The molecule has 1 saturated heterocycles. The molecular weight excluding hydrogens is 330 g/mol. The van der Waals surface area contributed by atoms with E-state index in [0.29, 0.717) is 13.1 Å². The fraction of sp³-hybridized carbons (Fsp3) is 0.588. The van der Waals surface area contributed by atoms with Gasteiger partial charge in [-0.15, -0.1) is 5.06 Å². The first-order chi connectivity index (χ1) is 11.1. The van der Waals surface area contributed by atoms with Crippen molar-refractivity contribution in [3.63, 3.8) is 0 Å². The monoisotopic (exact) mass is 355 g/mol. The van der Waals surface area contributed by atoms with Gasteiger partial charge in [0.25, 0.3) is 10.1 Å². The van der Waals surface area contributed by atoms with Crippen LogP contribution in [0.25, 0.3) is 0 Å². The zero-order valence-electron chi connectivity index (χ0n) is 14.6. The van der Waals surface area contributed by atoms with Gasteiger partial charge in [-0.25, -0.2) is 4.79 Å². The van der Waals surface area contributed by atoms with Crippen LogP contribution in [-0.4, -0.2) is 39.1 Å². The normalized spacial score (nSPS) is 19.4. The highest BCUT2D eigenvalue weighted by Gasteiger charge is 2.31. The number of carbonyl (C=O) groups is 1. The standard InChI is InChI=1S/C17H25NO5S/c1-13-5-7-15(8-6-13)24(20,21)22-12-14-9-10-18(11-14)23-16(19)17(2,3)4/h5-8,14H,9-12H2,1-4H3/t14-/m0/s1. The van der Waals surface area contributed by atoms with Crippen molar-refractivity contribution in [1.29, 1.82) is 0 Å². The molecule has 1 aromatic carbocycles. The van der Waals surface area contributed by atoms with E-state index in [2.05, 4.69) is 0 Å². The van der Waals surface area contributed by atoms with Crippen LogP contribution in [-0.2, 0) is 23.9 Å². The highest BCUT2D eigenvalue weighted by Crippen LogP contribution is 2.23. The van der Waals surface area contributed by atoms with Crippen molar-refractivity contribution in [1.82, 2.24) is 5.06 Å². The van der Waals surface area contributed by atoms with E-state index < -0.39 is 15.5 Å². The lowest BCUT2D eigenvalue weighted by Gasteiger charge is -2.21. The van der Waals surface area contributed by atoms with Gasteiger partial charge in [-0.2, -0.15) is 8.42 Å². The Kier molecular flexibility index (Phi) is 5.67. The molecule has 1 fully saturated rings. The molecule has 0 unspecified atom stereocenters. The maximum atomic E-state index is 12.2. The van der Waals surface area contributed by atoms with Crippen molar-refractivity contribution in [3.05, 3.63) is 29.8 Å². The van der Waals surface area contributed by atoms with E-state index in [1.54, 1.807) is 38.0 Å². The van der Waals surface area contributed by atoms with E-state index in [1.165, 1.54) is 12.1 Å². The average Bonchev–Trinajstić information content (AvgIpc) is 2.92. The third kappa shape index (κ3) is 5.03. The van der Waals surface area contributed by atoms with Crippen LogP contribution in [0.15, 0.2) is 29.2 Å². The summed E-state index contributed by atoms with van der Waals surface area (Å²) < 4.78 is 29.5. The molecule has 24 heavy (non-hydrogen) atoms. The van der Waals surface area contributed by atoms with Gasteiger partial charge in [0, 0.05) is 19.0 Å². The third-order valence-electron chi connectivity index (χ3n) is 3.84. The molecule has 7 heteroatoms. The van der Waals surface area contributed by atoms with Crippen LogP contribution in [0.5, 0.6) is 0 Å². The molecule has 0 spiro atoms. The van der Waals surface area contributed by atoms with Crippen LogP contribution in [0.3, 0.4) is 0 Å². The molecule has 1 aliphatic rings. The minimum absolute atomic E-state index is 0.0120. The van der Waals surface area contributed by atoms with Crippen LogP contribution in [0.2, 0.25) is 0 Å². The van der Waals surface area contributed by atoms with Crippen molar-refractivity contribution in [2.24, 2.45) is 11.3 Å². The molecule has 0 bridgehead atoms. The topological polar surface area (TPSA) is 72.9 Å². The largest absolute Gasteiger partial charge is 0.367 e. The molecular formula is C17H25NO5S. The molecule has 2 rings (SSSR count). The summed E-state index contributed by atoms with van der Waals surface area (Å²) in [6, 6.07) is 6.55. The predicted molar refractivity (Wildman–Crippen MR) is 89.5 cm³/mol. The molecule has 0 amide bonds. The summed E-state index contributed by atoms with van der Waals surface area (Å²) in [7, 11) is -3.75. The second kappa shape index (κ2) is 7.21. The smallest absolute Gasteiger partial charge is 0.330 e. The molecule has 0 radical (unpaired) electrons. The molecule has 0 aliphatic carbocycles. The molecule has 0 N–H and O–H groups in total. The Morgan fingerprint density at radius 2 is 1.88 bits per heavy atom. The summed E-state index contributed by atoms with van der Waals surface area (Å²) in [5.41, 5.74) is 0.421. The third-order valence-corrected chi connectivity index (χ3v) is 5.14. The predicted octanol–water partition coefficient (Wildman–Crippen LogP) is 2.53. The fourth-order valence-corrected chi connectivity index (χ4v) is 3.21. The van der Waals surface area contributed by atoms with Crippen molar-refractivity contribution in [2.75, 3.05) is 19.7 Å². The molecule has 0 aromatic heterocycles. The van der Waals surface area contributed by atoms with E-state index in [1.807, 2.05) is 6.92 Å². The Bertz CT molecular complexity index is 676. The number of nitrogens with zero attached hydrogens (tertiary/aromatic N) is 1. The second-order valence-electron chi connectivity index (χ2n) is 7.22. The number of hydroxylamine groups is 2. The van der Waals surface area contributed by atoms with Crippen LogP contribution in [0, 0.1) is 18.3 Å². The summed E-state index contributed by atoms with van der Waals surface area (Å²) in [6.45, 7) is 8.41. The van der Waals surface area contributed by atoms with Crippen molar-refractivity contribution in [3.8, 4) is 0 Å². The van der Waals surface area contributed by atoms with E-state index in [-0.39, 0.29) is 23.4 Å². The first-order valence-corrected chi connectivity index (χ1v) is 9.42. The summed E-state index contributed by atoms with van der Waals surface area (Å²) >= 11 is 0. The maximum absolute atomic E-state index is 12.2. The fourth-order valence-electron chi connectivity index (χ4n) is 2.23. The van der Waals surface area contributed by atoms with Gasteiger partial charge in [-0.05, 0) is 46.2 Å². The van der Waals surface area contributed by atoms with Gasteiger partial charge in [0.05, 0.1) is 16.9 Å². The van der Waals surface area contributed by atoms with Crippen LogP contribution < -0.4 is 0 Å². The Hall–Kier alpha value is -1.44. The molecule has 6 nitrogen and oxygen atoms in total. The molecule has 1 atom stereocenters. The first-order valence-electron chi connectivity index (χ1n) is 8.01. The summed E-state index contributed by atoms with van der Waals surface area (Å²) in [5, 5.41) is 1.58. The first kappa shape index (κ1) is 18.9. The zero-order chi connectivity index (χ0) is 18.0.